The van der Waals surface area contributed by atoms with Crippen molar-refractivity contribution in [3.63, 3.8) is 0 Å². The quantitative estimate of drug-likeness (QED) is 0.399. The van der Waals surface area contributed by atoms with Crippen LogP contribution >= 0.6 is 0 Å². The summed E-state index contributed by atoms with van der Waals surface area (Å²) in [7, 11) is 0. The van der Waals surface area contributed by atoms with Crippen LogP contribution in [0.15, 0.2) is 91.0 Å². The van der Waals surface area contributed by atoms with Gasteiger partial charge in [0.2, 0.25) is 11.8 Å². The van der Waals surface area contributed by atoms with Crippen LogP contribution in [0.2, 0.25) is 0 Å². The Kier molecular flexibility index (Phi) is 7.47. The summed E-state index contributed by atoms with van der Waals surface area (Å²) < 4.78 is 0. The Balaban J connectivity index is 1.28. The fraction of sp³-hybridized carbons (Fsp3) is 0.429. The highest BCUT2D eigenvalue weighted by Crippen LogP contribution is 2.48. The van der Waals surface area contributed by atoms with Crippen molar-refractivity contribution in [1.82, 2.24) is 14.7 Å². The summed E-state index contributed by atoms with van der Waals surface area (Å²) in [4.78, 5) is 32.9. The third-order valence-electron chi connectivity index (χ3n) is 9.86. The molecule has 3 heterocycles. The first-order valence-corrected chi connectivity index (χ1v) is 15.1. The number of hydrogen-bond donors (Lipinski definition) is 1. The molecule has 0 aliphatic carbocycles. The zero-order valence-electron chi connectivity index (χ0n) is 24.3. The molecule has 3 aromatic rings. The second-order valence-corrected chi connectivity index (χ2v) is 12.5. The van der Waals surface area contributed by atoms with E-state index in [0.29, 0.717) is 12.6 Å². The summed E-state index contributed by atoms with van der Waals surface area (Å²) in [5.74, 6) is -0.269. The van der Waals surface area contributed by atoms with Crippen LogP contribution in [-0.2, 0) is 15.1 Å². The van der Waals surface area contributed by atoms with Gasteiger partial charge in [-0.3, -0.25) is 14.5 Å². The molecule has 3 fully saturated rings. The topological polar surface area (TPSA) is 69.9 Å². The van der Waals surface area contributed by atoms with Gasteiger partial charge in [-0.05, 0) is 48.4 Å². The molecule has 3 aliphatic rings. The Morgan fingerprint density at radius 1 is 0.854 bits per heavy atom. The first kappa shape index (κ1) is 27.7. The van der Waals surface area contributed by atoms with E-state index in [2.05, 4.69) is 101 Å². The molecule has 0 bridgehead atoms. The number of nitrogens with zero attached hydrogens (tertiary/aromatic N) is 3. The molecule has 0 aromatic heterocycles. The third kappa shape index (κ3) is 4.67. The van der Waals surface area contributed by atoms with E-state index in [1.54, 1.807) is 4.90 Å². The number of rotatable bonds is 9. The second-order valence-electron chi connectivity index (χ2n) is 12.5. The van der Waals surface area contributed by atoms with Gasteiger partial charge < -0.3 is 15.5 Å². The first-order valence-electron chi connectivity index (χ1n) is 15.1. The smallest absolute Gasteiger partial charge is 0.240 e. The van der Waals surface area contributed by atoms with E-state index in [9.17, 15) is 9.59 Å². The van der Waals surface area contributed by atoms with E-state index >= 15 is 0 Å². The molecule has 41 heavy (non-hydrogen) atoms. The van der Waals surface area contributed by atoms with Crippen LogP contribution in [0.4, 0.5) is 0 Å². The fourth-order valence-electron chi connectivity index (χ4n) is 7.85. The van der Waals surface area contributed by atoms with Crippen molar-refractivity contribution in [3.05, 3.63) is 108 Å². The van der Waals surface area contributed by atoms with Gasteiger partial charge >= 0.3 is 0 Å². The Morgan fingerprint density at radius 3 is 1.80 bits per heavy atom. The predicted octanol–water partition coefficient (Wildman–Crippen LogP) is 4.49. The Hall–Kier alpha value is -3.48. The lowest BCUT2D eigenvalue weighted by Crippen LogP contribution is -2.63. The van der Waals surface area contributed by atoms with Crippen molar-refractivity contribution in [3.8, 4) is 0 Å². The van der Waals surface area contributed by atoms with E-state index < -0.39 is 22.9 Å². The van der Waals surface area contributed by atoms with Crippen LogP contribution in [0.3, 0.4) is 0 Å². The van der Waals surface area contributed by atoms with Crippen molar-refractivity contribution in [2.24, 2.45) is 17.1 Å². The maximum Gasteiger partial charge on any atom is 0.240 e. The number of hydrogen-bond acceptors (Lipinski definition) is 4. The summed E-state index contributed by atoms with van der Waals surface area (Å²) in [5, 5.41) is 0. The lowest BCUT2D eigenvalue weighted by Gasteiger charge is -2.55. The SMILES string of the molecule is CC(C)C(C(N)=O)N1CC[C@]2(CCN(C[C@@H]3CCN3C(c3ccccc3)(c3ccccc3)c3ccccc3)C2)C1=O. The summed E-state index contributed by atoms with van der Waals surface area (Å²) >= 11 is 0. The molecule has 214 valence electrons. The molecule has 6 heteroatoms. The molecule has 2 amide bonds. The molecule has 1 spiro atoms. The van der Waals surface area contributed by atoms with Crippen LogP contribution in [-0.4, -0.2) is 71.3 Å². The highest BCUT2D eigenvalue weighted by atomic mass is 16.2. The Labute approximate surface area is 244 Å². The summed E-state index contributed by atoms with van der Waals surface area (Å²) in [6.45, 7) is 8.15. The predicted molar refractivity (Wildman–Crippen MR) is 162 cm³/mol. The highest BCUT2D eigenvalue weighted by Gasteiger charge is 2.55. The number of nitrogens with two attached hydrogens (primary N) is 1. The van der Waals surface area contributed by atoms with Crippen molar-refractivity contribution in [2.45, 2.75) is 50.7 Å². The monoisotopic (exact) mass is 550 g/mol. The average molecular weight is 551 g/mol. The average Bonchev–Trinajstić information content (AvgIpc) is 3.53. The van der Waals surface area contributed by atoms with Crippen LogP contribution in [0.25, 0.3) is 0 Å². The molecule has 3 atom stereocenters. The molecule has 3 saturated heterocycles. The number of primary amides is 1. The lowest BCUT2D eigenvalue weighted by atomic mass is 9.72. The maximum atomic E-state index is 13.8. The molecule has 0 radical (unpaired) electrons. The number of amides is 2. The van der Waals surface area contributed by atoms with E-state index in [4.69, 9.17) is 5.73 Å². The van der Waals surface area contributed by atoms with Crippen molar-refractivity contribution < 1.29 is 9.59 Å². The third-order valence-corrected chi connectivity index (χ3v) is 9.86. The summed E-state index contributed by atoms with van der Waals surface area (Å²) in [5.41, 5.74) is 8.75. The van der Waals surface area contributed by atoms with Gasteiger partial charge in [0.1, 0.15) is 6.04 Å². The molecular weight excluding hydrogens is 508 g/mol. The first-order chi connectivity index (χ1) is 19.9. The molecular formula is C35H42N4O2. The number of carbonyl (C=O) groups is 2. The normalized spacial score (nSPS) is 24.2. The van der Waals surface area contributed by atoms with Gasteiger partial charge in [0.15, 0.2) is 0 Å². The van der Waals surface area contributed by atoms with Gasteiger partial charge in [0, 0.05) is 32.2 Å². The molecule has 1 unspecified atom stereocenters. The van der Waals surface area contributed by atoms with Gasteiger partial charge in [-0.2, -0.15) is 0 Å². The van der Waals surface area contributed by atoms with Gasteiger partial charge in [-0.25, -0.2) is 0 Å². The Morgan fingerprint density at radius 2 is 1.37 bits per heavy atom. The minimum Gasteiger partial charge on any atom is -0.368 e. The van der Waals surface area contributed by atoms with Gasteiger partial charge in [0.05, 0.1) is 11.0 Å². The van der Waals surface area contributed by atoms with E-state index in [0.717, 1.165) is 45.4 Å². The molecule has 2 N–H and O–H groups in total. The minimum atomic E-state index is -0.527. The van der Waals surface area contributed by atoms with E-state index in [1.807, 2.05) is 13.8 Å². The number of likely N-dealkylation sites (tertiary alicyclic amines) is 3. The summed E-state index contributed by atoms with van der Waals surface area (Å²) in [6, 6.07) is 32.5. The zero-order chi connectivity index (χ0) is 28.6. The number of benzene rings is 3. The van der Waals surface area contributed by atoms with Gasteiger partial charge in [-0.1, -0.05) is 105 Å². The van der Waals surface area contributed by atoms with Crippen LogP contribution in [0, 0.1) is 11.3 Å². The van der Waals surface area contributed by atoms with Gasteiger partial charge in [0.25, 0.3) is 0 Å². The lowest BCUT2D eigenvalue weighted by molar-refractivity contribution is -0.143. The second kappa shape index (κ2) is 11.1. The van der Waals surface area contributed by atoms with Gasteiger partial charge in [-0.15, -0.1) is 0 Å². The molecule has 6 nitrogen and oxygen atoms in total. The largest absolute Gasteiger partial charge is 0.368 e. The van der Waals surface area contributed by atoms with Crippen LogP contribution in [0.1, 0.15) is 49.8 Å². The van der Waals surface area contributed by atoms with E-state index in [1.165, 1.54) is 16.7 Å². The van der Waals surface area contributed by atoms with Crippen molar-refractivity contribution >= 4 is 11.8 Å². The number of carbonyl (C=O) groups excluding carboxylic acids is 2. The highest BCUT2D eigenvalue weighted by molar-refractivity contribution is 5.91. The van der Waals surface area contributed by atoms with Crippen molar-refractivity contribution in [1.29, 1.82) is 0 Å². The van der Waals surface area contributed by atoms with Crippen LogP contribution < -0.4 is 5.73 Å². The van der Waals surface area contributed by atoms with Crippen LogP contribution in [0.5, 0.6) is 0 Å². The molecule has 6 rings (SSSR count). The molecule has 3 aromatic carbocycles. The Bertz CT molecular complexity index is 1270. The summed E-state index contributed by atoms with van der Waals surface area (Å²) in [6.07, 6.45) is 2.77. The minimum absolute atomic E-state index is 0.00900. The molecule has 0 saturated carbocycles. The van der Waals surface area contributed by atoms with Crippen molar-refractivity contribution in [2.75, 3.05) is 32.7 Å². The fourth-order valence-corrected chi connectivity index (χ4v) is 7.85. The zero-order valence-corrected chi connectivity index (χ0v) is 24.3. The molecule has 3 aliphatic heterocycles. The maximum absolute atomic E-state index is 13.8. The van der Waals surface area contributed by atoms with E-state index in [-0.39, 0.29) is 11.8 Å². The standard InChI is InChI=1S/C35H42N4O2/c1-26(2)31(32(36)40)38-23-20-34(33(38)41)19-22-37(25-34)24-30-18-21-39(30)35(27-12-6-3-7-13-27,28-14-8-4-9-15-28)29-16-10-5-11-17-29/h3-17,26,30-31H,18-25H2,1-2H3,(H2,36,40)/t30-,31?,34-/m0/s1.